The van der Waals surface area contributed by atoms with Gasteiger partial charge >= 0.3 is 0 Å². The first-order chi connectivity index (χ1) is 9.31. The molecule has 3 nitrogen and oxygen atoms in total. The Kier molecular flexibility index (Phi) is 2.80. The van der Waals surface area contributed by atoms with Crippen molar-refractivity contribution >= 4 is 17.2 Å². The summed E-state index contributed by atoms with van der Waals surface area (Å²) in [6.45, 7) is 3.76. The molecule has 0 saturated heterocycles. The van der Waals surface area contributed by atoms with Gasteiger partial charge in [-0.05, 0) is 24.3 Å². The summed E-state index contributed by atoms with van der Waals surface area (Å²) < 4.78 is 11.1. The van der Waals surface area contributed by atoms with Crippen molar-refractivity contribution in [2.45, 2.75) is 0 Å². The summed E-state index contributed by atoms with van der Waals surface area (Å²) in [7, 11) is 1.64. The van der Waals surface area contributed by atoms with Gasteiger partial charge in [-0.3, -0.25) is 0 Å². The van der Waals surface area contributed by atoms with E-state index in [1.54, 1.807) is 13.2 Å². The van der Waals surface area contributed by atoms with Crippen LogP contribution in [-0.4, -0.2) is 12.1 Å². The van der Waals surface area contributed by atoms with E-state index in [1.165, 1.54) is 0 Å². The summed E-state index contributed by atoms with van der Waals surface area (Å²) in [6.07, 6.45) is 1.76. The smallest absolute Gasteiger partial charge is 0.227 e. The molecule has 0 unspecified atom stereocenters. The topological polar surface area (TPSA) is 35.3 Å². The molecule has 1 heterocycles. The number of para-hydroxylation sites is 2. The van der Waals surface area contributed by atoms with Crippen LogP contribution < -0.4 is 4.74 Å². The van der Waals surface area contributed by atoms with Gasteiger partial charge in [0.1, 0.15) is 11.3 Å². The highest BCUT2D eigenvalue weighted by molar-refractivity contribution is 5.76. The van der Waals surface area contributed by atoms with Crippen molar-refractivity contribution in [2.75, 3.05) is 7.11 Å². The lowest BCUT2D eigenvalue weighted by Gasteiger charge is -2.05. The zero-order valence-electron chi connectivity index (χ0n) is 10.6. The Labute approximate surface area is 111 Å². The number of methoxy groups -OCH3 is 1. The van der Waals surface area contributed by atoms with Crippen molar-refractivity contribution in [3.63, 3.8) is 0 Å². The van der Waals surface area contributed by atoms with E-state index in [0.717, 1.165) is 28.0 Å². The summed E-state index contributed by atoms with van der Waals surface area (Å²) in [5.74, 6) is 1.35. The van der Waals surface area contributed by atoms with Crippen LogP contribution in [0.25, 0.3) is 28.6 Å². The molecule has 94 valence electrons. The van der Waals surface area contributed by atoms with Crippen molar-refractivity contribution in [1.29, 1.82) is 0 Å². The lowest BCUT2D eigenvalue weighted by Crippen LogP contribution is -1.88. The minimum Gasteiger partial charge on any atom is -0.496 e. The molecule has 2 aromatic carbocycles. The van der Waals surface area contributed by atoms with Gasteiger partial charge in [-0.25, -0.2) is 4.98 Å². The largest absolute Gasteiger partial charge is 0.496 e. The summed E-state index contributed by atoms with van der Waals surface area (Å²) in [6, 6.07) is 13.5. The Hall–Kier alpha value is -2.55. The van der Waals surface area contributed by atoms with E-state index < -0.39 is 0 Å². The maximum atomic E-state index is 5.73. The molecule has 0 aliphatic carbocycles. The van der Waals surface area contributed by atoms with Crippen molar-refractivity contribution < 1.29 is 9.15 Å². The predicted octanol–water partition coefficient (Wildman–Crippen LogP) is 4.15. The number of benzene rings is 2. The molecule has 1 aromatic heterocycles. The quantitative estimate of drug-likeness (QED) is 0.701. The minimum atomic E-state index is 0.593. The first-order valence-corrected chi connectivity index (χ1v) is 5.98. The van der Waals surface area contributed by atoms with Gasteiger partial charge in [0.15, 0.2) is 5.58 Å². The summed E-state index contributed by atoms with van der Waals surface area (Å²) >= 11 is 0. The Morgan fingerprint density at radius 2 is 2.05 bits per heavy atom. The van der Waals surface area contributed by atoms with Crippen molar-refractivity contribution in [3.8, 4) is 17.2 Å². The molecular formula is C16H13NO2. The van der Waals surface area contributed by atoms with E-state index >= 15 is 0 Å². The molecule has 0 aliphatic heterocycles. The molecule has 0 saturated carbocycles. The van der Waals surface area contributed by atoms with E-state index in [1.807, 2.05) is 42.5 Å². The SMILES string of the molecule is C=Cc1ccc(-c2nc3ccccc3o2)cc1OC. The van der Waals surface area contributed by atoms with Gasteiger partial charge in [-0.15, -0.1) is 0 Å². The van der Waals surface area contributed by atoms with E-state index in [-0.39, 0.29) is 0 Å². The summed E-state index contributed by atoms with van der Waals surface area (Å²) in [5.41, 5.74) is 3.47. The number of rotatable bonds is 3. The van der Waals surface area contributed by atoms with Gasteiger partial charge in [-0.2, -0.15) is 0 Å². The second kappa shape index (κ2) is 4.61. The summed E-state index contributed by atoms with van der Waals surface area (Å²) in [5, 5.41) is 0. The van der Waals surface area contributed by atoms with Crippen LogP contribution in [-0.2, 0) is 0 Å². The van der Waals surface area contributed by atoms with Crippen molar-refractivity contribution in [2.24, 2.45) is 0 Å². The molecule has 0 radical (unpaired) electrons. The first-order valence-electron chi connectivity index (χ1n) is 5.98. The van der Waals surface area contributed by atoms with E-state index in [0.29, 0.717) is 5.89 Å². The minimum absolute atomic E-state index is 0.593. The molecule has 0 atom stereocenters. The molecule has 0 amide bonds. The van der Waals surface area contributed by atoms with Crippen LogP contribution in [0.2, 0.25) is 0 Å². The third-order valence-corrected chi connectivity index (χ3v) is 2.99. The van der Waals surface area contributed by atoms with Crippen molar-refractivity contribution in [3.05, 3.63) is 54.6 Å². The number of aromatic nitrogens is 1. The zero-order valence-corrected chi connectivity index (χ0v) is 10.6. The number of oxazole rings is 1. The Morgan fingerprint density at radius 1 is 1.21 bits per heavy atom. The molecule has 0 aliphatic rings. The van der Waals surface area contributed by atoms with Crippen LogP contribution >= 0.6 is 0 Å². The lowest BCUT2D eigenvalue weighted by molar-refractivity contribution is 0.414. The second-order valence-electron chi connectivity index (χ2n) is 4.15. The highest BCUT2D eigenvalue weighted by Gasteiger charge is 2.10. The van der Waals surface area contributed by atoms with Crippen LogP contribution in [0.1, 0.15) is 5.56 Å². The van der Waals surface area contributed by atoms with Gasteiger partial charge < -0.3 is 9.15 Å². The third-order valence-electron chi connectivity index (χ3n) is 2.99. The predicted molar refractivity (Wildman–Crippen MR) is 76.1 cm³/mol. The highest BCUT2D eigenvalue weighted by atomic mass is 16.5. The lowest BCUT2D eigenvalue weighted by atomic mass is 10.1. The maximum Gasteiger partial charge on any atom is 0.227 e. The van der Waals surface area contributed by atoms with Crippen LogP contribution in [0.5, 0.6) is 5.75 Å². The Morgan fingerprint density at radius 3 is 2.79 bits per heavy atom. The molecule has 3 rings (SSSR count). The Balaban J connectivity index is 2.13. The van der Waals surface area contributed by atoms with Crippen LogP contribution in [0.4, 0.5) is 0 Å². The second-order valence-corrected chi connectivity index (χ2v) is 4.15. The third kappa shape index (κ3) is 1.99. The van der Waals surface area contributed by atoms with Gasteiger partial charge in [0.2, 0.25) is 5.89 Å². The average molecular weight is 251 g/mol. The maximum absolute atomic E-state index is 5.73. The van der Waals surface area contributed by atoms with Gasteiger partial charge in [0.25, 0.3) is 0 Å². The number of hydrogen-bond donors (Lipinski definition) is 0. The first kappa shape index (κ1) is 11.5. The van der Waals surface area contributed by atoms with E-state index in [4.69, 9.17) is 9.15 Å². The van der Waals surface area contributed by atoms with E-state index in [9.17, 15) is 0 Å². The van der Waals surface area contributed by atoms with Crippen LogP contribution in [0, 0.1) is 0 Å². The Bertz CT molecular complexity index is 710. The van der Waals surface area contributed by atoms with Crippen molar-refractivity contribution in [1.82, 2.24) is 4.98 Å². The van der Waals surface area contributed by atoms with Crippen LogP contribution in [0.15, 0.2) is 53.5 Å². The monoisotopic (exact) mass is 251 g/mol. The fourth-order valence-electron chi connectivity index (χ4n) is 2.01. The molecule has 19 heavy (non-hydrogen) atoms. The molecule has 0 spiro atoms. The van der Waals surface area contributed by atoms with Gasteiger partial charge in [-0.1, -0.05) is 30.9 Å². The number of fused-ring (bicyclic) bond motifs is 1. The highest BCUT2D eigenvalue weighted by Crippen LogP contribution is 2.29. The molecule has 3 aromatic rings. The number of ether oxygens (including phenoxy) is 1. The zero-order chi connectivity index (χ0) is 13.2. The number of nitrogens with zero attached hydrogens (tertiary/aromatic N) is 1. The van der Waals surface area contributed by atoms with Gasteiger partial charge in [0, 0.05) is 11.1 Å². The fraction of sp³-hybridized carbons (Fsp3) is 0.0625. The van der Waals surface area contributed by atoms with E-state index in [2.05, 4.69) is 11.6 Å². The summed E-state index contributed by atoms with van der Waals surface area (Å²) in [4.78, 5) is 4.47. The molecule has 0 fully saturated rings. The molecular weight excluding hydrogens is 238 g/mol. The average Bonchev–Trinajstić information content (AvgIpc) is 2.90. The molecule has 0 N–H and O–H groups in total. The molecule has 3 heteroatoms. The molecule has 0 bridgehead atoms. The fourth-order valence-corrected chi connectivity index (χ4v) is 2.01. The van der Waals surface area contributed by atoms with Gasteiger partial charge in [0.05, 0.1) is 7.11 Å². The normalized spacial score (nSPS) is 10.6. The number of hydrogen-bond acceptors (Lipinski definition) is 3. The standard InChI is InChI=1S/C16H13NO2/c1-3-11-8-9-12(10-15(11)18-2)16-17-13-6-4-5-7-14(13)19-16/h3-10H,1H2,2H3. The van der Waals surface area contributed by atoms with Crippen LogP contribution in [0.3, 0.4) is 0 Å².